The predicted molar refractivity (Wildman–Crippen MR) is 77.5 cm³/mol. The molecule has 2 fully saturated rings. The highest BCUT2D eigenvalue weighted by atomic mass is 32.2. The zero-order valence-corrected chi connectivity index (χ0v) is 12.0. The van der Waals surface area contributed by atoms with Crippen LogP contribution in [-0.2, 0) is 9.59 Å². The van der Waals surface area contributed by atoms with Gasteiger partial charge in [0.1, 0.15) is 6.04 Å². The summed E-state index contributed by atoms with van der Waals surface area (Å²) in [6.07, 6.45) is 0.839. The molecule has 3 rings (SSSR count). The van der Waals surface area contributed by atoms with E-state index in [0.717, 1.165) is 6.42 Å². The van der Waals surface area contributed by atoms with E-state index in [4.69, 9.17) is 0 Å². The number of hydrogen-bond donors (Lipinski definition) is 1. The second-order valence-corrected chi connectivity index (χ2v) is 6.64. The van der Waals surface area contributed by atoms with Gasteiger partial charge in [-0.3, -0.25) is 4.79 Å². The van der Waals surface area contributed by atoms with Gasteiger partial charge < -0.3 is 10.0 Å². The van der Waals surface area contributed by atoms with E-state index in [9.17, 15) is 14.7 Å². The molecule has 0 radical (unpaired) electrons. The van der Waals surface area contributed by atoms with Gasteiger partial charge in [-0.05, 0) is 17.9 Å². The molecule has 1 aromatic rings. The van der Waals surface area contributed by atoms with Gasteiger partial charge in [0.25, 0.3) is 0 Å². The molecule has 4 nitrogen and oxygen atoms in total. The number of nitrogens with zero attached hydrogens (tertiary/aromatic N) is 1. The smallest absolute Gasteiger partial charge is 0.327 e. The maximum Gasteiger partial charge on any atom is 0.327 e. The molecule has 1 unspecified atom stereocenters. The van der Waals surface area contributed by atoms with Gasteiger partial charge in [0.15, 0.2) is 0 Å². The zero-order valence-electron chi connectivity index (χ0n) is 11.2. The first kappa shape index (κ1) is 13.5. The zero-order chi connectivity index (χ0) is 14.3. The fraction of sp³-hybridized carbons (Fsp3) is 0.467. The molecule has 2 aliphatic heterocycles. The van der Waals surface area contributed by atoms with Gasteiger partial charge in [0, 0.05) is 11.7 Å². The molecule has 2 aliphatic rings. The van der Waals surface area contributed by atoms with Gasteiger partial charge in [0.05, 0.1) is 5.37 Å². The summed E-state index contributed by atoms with van der Waals surface area (Å²) in [5.74, 6) is -0.384. The molecular formula is C15H17NO3S. The summed E-state index contributed by atoms with van der Waals surface area (Å²) >= 11 is 1.59. The van der Waals surface area contributed by atoms with E-state index in [0.29, 0.717) is 5.75 Å². The van der Waals surface area contributed by atoms with Crippen molar-refractivity contribution in [2.24, 2.45) is 5.92 Å². The Labute approximate surface area is 122 Å². The SMILES string of the molecule is C[C@@H]1C(=O)N2C(C[C@H]1c1ccccc1)SC[C@H]2C(=O)O. The van der Waals surface area contributed by atoms with Crippen LogP contribution in [0.3, 0.4) is 0 Å². The molecule has 4 atom stereocenters. The average Bonchev–Trinajstić information content (AvgIpc) is 2.88. The van der Waals surface area contributed by atoms with Crippen molar-refractivity contribution >= 4 is 23.6 Å². The molecule has 20 heavy (non-hydrogen) atoms. The summed E-state index contributed by atoms with van der Waals surface area (Å²) in [6, 6.07) is 9.39. The summed E-state index contributed by atoms with van der Waals surface area (Å²) in [7, 11) is 0. The standard InChI is InChI=1S/C15H17NO3S/c1-9-11(10-5-3-2-4-6-10)7-13-16(14(9)17)12(8-20-13)15(18)19/h2-6,9,11-13H,7-8H2,1H3,(H,18,19)/t9-,11+,12-,13?/m0/s1. The number of amides is 1. The van der Waals surface area contributed by atoms with E-state index in [1.165, 1.54) is 5.56 Å². The van der Waals surface area contributed by atoms with Crippen LogP contribution >= 0.6 is 11.8 Å². The molecule has 1 N–H and O–H groups in total. The average molecular weight is 291 g/mol. The van der Waals surface area contributed by atoms with Gasteiger partial charge >= 0.3 is 5.97 Å². The number of thioether (sulfide) groups is 1. The Bertz CT molecular complexity index is 533. The Hall–Kier alpha value is -1.49. The van der Waals surface area contributed by atoms with Crippen LogP contribution < -0.4 is 0 Å². The van der Waals surface area contributed by atoms with E-state index in [1.807, 2.05) is 25.1 Å². The van der Waals surface area contributed by atoms with Crippen LogP contribution in [0.15, 0.2) is 30.3 Å². The number of benzene rings is 1. The van der Waals surface area contributed by atoms with Gasteiger partial charge in [-0.25, -0.2) is 4.79 Å². The molecule has 0 aromatic heterocycles. The number of fused-ring (bicyclic) bond motifs is 1. The number of piperidine rings is 1. The molecule has 2 saturated heterocycles. The highest BCUT2D eigenvalue weighted by Gasteiger charge is 2.49. The van der Waals surface area contributed by atoms with Crippen molar-refractivity contribution in [3.63, 3.8) is 0 Å². The van der Waals surface area contributed by atoms with Crippen LogP contribution in [0.2, 0.25) is 0 Å². The second-order valence-electron chi connectivity index (χ2n) is 5.43. The van der Waals surface area contributed by atoms with Crippen LogP contribution in [-0.4, -0.2) is 39.1 Å². The minimum Gasteiger partial charge on any atom is -0.480 e. The third-order valence-electron chi connectivity index (χ3n) is 4.31. The lowest BCUT2D eigenvalue weighted by atomic mass is 9.80. The van der Waals surface area contributed by atoms with Crippen LogP contribution in [0.1, 0.15) is 24.8 Å². The lowest BCUT2D eigenvalue weighted by Gasteiger charge is -2.40. The molecule has 1 amide bonds. The van der Waals surface area contributed by atoms with Gasteiger partial charge in [-0.2, -0.15) is 0 Å². The molecule has 0 bridgehead atoms. The van der Waals surface area contributed by atoms with E-state index < -0.39 is 12.0 Å². The second kappa shape index (κ2) is 5.13. The van der Waals surface area contributed by atoms with Gasteiger partial charge in [0.2, 0.25) is 5.91 Å². The number of carbonyl (C=O) groups excluding carboxylic acids is 1. The van der Waals surface area contributed by atoms with Crippen LogP contribution in [0.4, 0.5) is 0 Å². The number of carboxylic acid groups (broad SMARTS) is 1. The normalized spacial score (nSPS) is 33.0. The summed E-state index contributed by atoms with van der Waals surface area (Å²) in [5, 5.41) is 9.24. The van der Waals surface area contributed by atoms with Crippen molar-refractivity contribution < 1.29 is 14.7 Å². The fourth-order valence-corrected chi connectivity index (χ4v) is 4.65. The van der Waals surface area contributed by atoms with Crippen LogP contribution in [0, 0.1) is 5.92 Å². The topological polar surface area (TPSA) is 57.6 Å². The molecule has 106 valence electrons. The minimum absolute atomic E-state index is 0.00464. The van der Waals surface area contributed by atoms with Crippen LogP contribution in [0.25, 0.3) is 0 Å². The predicted octanol–water partition coefficient (Wildman–Crippen LogP) is 2.16. The number of aliphatic carboxylic acids is 1. The van der Waals surface area contributed by atoms with Crippen molar-refractivity contribution in [1.82, 2.24) is 4.90 Å². The Kier molecular flexibility index (Phi) is 3.46. The summed E-state index contributed by atoms with van der Waals surface area (Å²) in [6.45, 7) is 1.91. The lowest BCUT2D eigenvalue weighted by molar-refractivity contribution is -0.153. The highest BCUT2D eigenvalue weighted by Crippen LogP contribution is 2.44. The van der Waals surface area contributed by atoms with E-state index in [-0.39, 0.29) is 23.1 Å². The van der Waals surface area contributed by atoms with E-state index in [2.05, 4.69) is 12.1 Å². The van der Waals surface area contributed by atoms with Crippen molar-refractivity contribution in [3.8, 4) is 0 Å². The highest BCUT2D eigenvalue weighted by molar-refractivity contribution is 8.00. The number of hydrogen-bond acceptors (Lipinski definition) is 3. The largest absolute Gasteiger partial charge is 0.480 e. The summed E-state index contributed by atoms with van der Waals surface area (Å²) in [5.41, 5.74) is 1.17. The Balaban J connectivity index is 1.88. The molecule has 1 aromatic carbocycles. The van der Waals surface area contributed by atoms with Crippen LogP contribution in [0.5, 0.6) is 0 Å². The van der Waals surface area contributed by atoms with E-state index >= 15 is 0 Å². The Morgan fingerprint density at radius 2 is 2.05 bits per heavy atom. The van der Waals surface area contributed by atoms with Crippen molar-refractivity contribution in [2.45, 2.75) is 30.7 Å². The first-order valence-corrected chi connectivity index (χ1v) is 7.86. The first-order chi connectivity index (χ1) is 9.59. The third-order valence-corrected chi connectivity index (χ3v) is 5.62. The molecular weight excluding hydrogens is 274 g/mol. The molecule has 0 aliphatic carbocycles. The molecule has 2 heterocycles. The molecule has 5 heteroatoms. The monoisotopic (exact) mass is 291 g/mol. The van der Waals surface area contributed by atoms with Gasteiger partial charge in [-0.1, -0.05) is 37.3 Å². The summed E-state index contributed by atoms with van der Waals surface area (Å²) in [4.78, 5) is 25.4. The first-order valence-electron chi connectivity index (χ1n) is 6.81. The fourth-order valence-electron chi connectivity index (χ4n) is 3.18. The van der Waals surface area contributed by atoms with E-state index in [1.54, 1.807) is 16.7 Å². The minimum atomic E-state index is -0.890. The third kappa shape index (κ3) is 2.10. The van der Waals surface area contributed by atoms with Gasteiger partial charge in [-0.15, -0.1) is 11.8 Å². The maximum atomic E-state index is 12.6. The number of carboxylic acids is 1. The van der Waals surface area contributed by atoms with Crippen molar-refractivity contribution in [3.05, 3.63) is 35.9 Å². The Morgan fingerprint density at radius 1 is 1.35 bits per heavy atom. The maximum absolute atomic E-state index is 12.6. The Morgan fingerprint density at radius 3 is 2.70 bits per heavy atom. The number of rotatable bonds is 2. The summed E-state index contributed by atoms with van der Waals surface area (Å²) < 4.78 is 0. The number of carbonyl (C=O) groups is 2. The molecule has 0 spiro atoms. The quantitative estimate of drug-likeness (QED) is 0.907. The lowest BCUT2D eigenvalue weighted by Crippen LogP contribution is -2.52. The van der Waals surface area contributed by atoms with Crippen molar-refractivity contribution in [2.75, 3.05) is 5.75 Å². The molecule has 0 saturated carbocycles. The van der Waals surface area contributed by atoms with Crippen molar-refractivity contribution in [1.29, 1.82) is 0 Å².